The Balaban J connectivity index is 1.72. The predicted molar refractivity (Wildman–Crippen MR) is 115 cm³/mol. The zero-order valence-corrected chi connectivity index (χ0v) is 18.7. The number of benzene rings is 1. The quantitative estimate of drug-likeness (QED) is 0.761. The number of carbonyl (C=O) groups excluding carboxylic acids is 2. The van der Waals surface area contributed by atoms with Gasteiger partial charge in [0.2, 0.25) is 5.91 Å². The van der Waals surface area contributed by atoms with E-state index in [-0.39, 0.29) is 16.2 Å². The van der Waals surface area contributed by atoms with Crippen LogP contribution in [0.2, 0.25) is 0 Å². The molecule has 0 saturated heterocycles. The van der Waals surface area contributed by atoms with Gasteiger partial charge in [0.1, 0.15) is 0 Å². The Labute approximate surface area is 175 Å². The number of fused-ring (bicyclic) bond motifs is 1. The van der Waals surface area contributed by atoms with Gasteiger partial charge in [-0.15, -0.1) is 11.3 Å². The molecule has 1 unspecified atom stereocenters. The smallest absolute Gasteiger partial charge is 0.264 e. The van der Waals surface area contributed by atoms with Crippen LogP contribution >= 0.6 is 11.3 Å². The second-order valence-electron chi connectivity index (χ2n) is 8.50. The van der Waals surface area contributed by atoms with Crippen LogP contribution in [0.5, 0.6) is 0 Å². The van der Waals surface area contributed by atoms with Gasteiger partial charge in [-0.25, -0.2) is 13.1 Å². The van der Waals surface area contributed by atoms with Gasteiger partial charge in [0, 0.05) is 22.9 Å². The molecule has 0 saturated carbocycles. The number of anilines is 1. The third-order valence-corrected chi connectivity index (χ3v) is 7.83. The lowest BCUT2D eigenvalue weighted by Gasteiger charge is -2.34. The fourth-order valence-corrected chi connectivity index (χ4v) is 5.76. The van der Waals surface area contributed by atoms with Gasteiger partial charge in [0.25, 0.3) is 15.9 Å². The molecule has 1 heterocycles. The summed E-state index contributed by atoms with van der Waals surface area (Å²) in [6.45, 7) is 7.93. The van der Waals surface area contributed by atoms with E-state index in [9.17, 15) is 18.0 Å². The van der Waals surface area contributed by atoms with Crippen LogP contribution in [0.25, 0.3) is 0 Å². The standard InChI is InChI=1S/C21H26N2O4S2/c1-13(24)23-29(26,27)16-8-6-15(7-9-16)22-20(25)18-12-28-19-11-14(21(2,3)4)5-10-17(18)19/h6-9,12,14H,5,10-11H2,1-4H3,(H,22,25)(H,23,24). The van der Waals surface area contributed by atoms with Crippen LogP contribution in [-0.4, -0.2) is 20.2 Å². The van der Waals surface area contributed by atoms with Gasteiger partial charge in [-0.3, -0.25) is 9.59 Å². The molecule has 1 aromatic heterocycles. The van der Waals surface area contributed by atoms with Crippen LogP contribution in [-0.2, 0) is 27.7 Å². The van der Waals surface area contributed by atoms with Crippen molar-refractivity contribution in [2.24, 2.45) is 11.3 Å². The molecule has 0 radical (unpaired) electrons. The highest BCUT2D eigenvalue weighted by Gasteiger charge is 2.31. The average Bonchev–Trinajstić information content (AvgIpc) is 3.03. The second-order valence-corrected chi connectivity index (χ2v) is 11.1. The molecule has 156 valence electrons. The largest absolute Gasteiger partial charge is 0.322 e. The molecule has 0 bridgehead atoms. The first-order chi connectivity index (χ1) is 13.5. The van der Waals surface area contributed by atoms with Crippen molar-refractivity contribution < 1.29 is 18.0 Å². The third kappa shape index (κ3) is 4.87. The maximum atomic E-state index is 12.8. The minimum atomic E-state index is -3.89. The van der Waals surface area contributed by atoms with Crippen molar-refractivity contribution in [1.82, 2.24) is 4.72 Å². The summed E-state index contributed by atoms with van der Waals surface area (Å²) < 4.78 is 25.9. The average molecular weight is 435 g/mol. The van der Waals surface area contributed by atoms with Gasteiger partial charge in [-0.1, -0.05) is 20.8 Å². The maximum Gasteiger partial charge on any atom is 0.264 e. The minimum absolute atomic E-state index is 0.0353. The fraction of sp³-hybridized carbons (Fsp3) is 0.429. The van der Waals surface area contributed by atoms with Gasteiger partial charge in [0.05, 0.1) is 10.5 Å². The highest BCUT2D eigenvalue weighted by atomic mass is 32.2. The molecule has 1 aliphatic carbocycles. The molecule has 8 heteroatoms. The van der Waals surface area contributed by atoms with Crippen LogP contribution in [0.4, 0.5) is 5.69 Å². The normalized spacial score (nSPS) is 16.8. The first-order valence-corrected chi connectivity index (χ1v) is 11.9. The Hall–Kier alpha value is -2.19. The minimum Gasteiger partial charge on any atom is -0.322 e. The molecule has 2 aromatic rings. The van der Waals surface area contributed by atoms with Crippen molar-refractivity contribution in [1.29, 1.82) is 0 Å². The van der Waals surface area contributed by atoms with Crippen LogP contribution in [0.1, 0.15) is 54.9 Å². The van der Waals surface area contributed by atoms with Crippen LogP contribution in [0, 0.1) is 11.3 Å². The Morgan fingerprint density at radius 2 is 1.79 bits per heavy atom. The van der Waals surface area contributed by atoms with E-state index in [1.807, 2.05) is 10.1 Å². The summed E-state index contributed by atoms with van der Waals surface area (Å²) in [5.41, 5.74) is 2.59. The van der Waals surface area contributed by atoms with E-state index in [4.69, 9.17) is 0 Å². The molecule has 2 amide bonds. The fourth-order valence-electron chi connectivity index (χ4n) is 3.61. The zero-order valence-electron chi connectivity index (χ0n) is 17.0. The number of sulfonamides is 1. The third-order valence-electron chi connectivity index (χ3n) is 5.33. The number of thiophene rings is 1. The summed E-state index contributed by atoms with van der Waals surface area (Å²) in [5.74, 6) is -0.227. The summed E-state index contributed by atoms with van der Waals surface area (Å²) in [7, 11) is -3.89. The molecule has 3 rings (SSSR count). The summed E-state index contributed by atoms with van der Waals surface area (Å²) in [4.78, 5) is 25.1. The lowest BCUT2D eigenvalue weighted by molar-refractivity contribution is -0.117. The Bertz CT molecular complexity index is 1030. The van der Waals surface area contributed by atoms with Crippen molar-refractivity contribution in [3.8, 4) is 0 Å². The monoisotopic (exact) mass is 434 g/mol. The van der Waals surface area contributed by atoms with Crippen LogP contribution < -0.4 is 10.0 Å². The Morgan fingerprint density at radius 3 is 2.38 bits per heavy atom. The van der Waals surface area contributed by atoms with Crippen molar-refractivity contribution in [3.63, 3.8) is 0 Å². The first-order valence-electron chi connectivity index (χ1n) is 9.51. The molecule has 29 heavy (non-hydrogen) atoms. The molecular formula is C21H26N2O4S2. The molecule has 0 fully saturated rings. The van der Waals surface area contributed by atoms with E-state index in [0.29, 0.717) is 17.2 Å². The Kier molecular flexibility index (Phi) is 5.87. The van der Waals surface area contributed by atoms with Gasteiger partial charge < -0.3 is 5.32 Å². The molecule has 1 atom stereocenters. The van der Waals surface area contributed by atoms with E-state index in [2.05, 4.69) is 26.1 Å². The highest BCUT2D eigenvalue weighted by molar-refractivity contribution is 7.90. The second kappa shape index (κ2) is 7.91. The number of hydrogen-bond donors (Lipinski definition) is 2. The van der Waals surface area contributed by atoms with Crippen LogP contribution in [0.15, 0.2) is 34.5 Å². The maximum absolute atomic E-state index is 12.8. The van der Waals surface area contributed by atoms with Crippen molar-refractivity contribution >= 4 is 38.9 Å². The molecule has 0 spiro atoms. The number of hydrogen-bond acceptors (Lipinski definition) is 5. The summed E-state index contributed by atoms with van der Waals surface area (Å²) in [6.07, 6.45) is 2.98. The van der Waals surface area contributed by atoms with Gasteiger partial charge in [-0.05, 0) is 60.4 Å². The van der Waals surface area contributed by atoms with Gasteiger partial charge in [0.15, 0.2) is 0 Å². The number of amides is 2. The van der Waals surface area contributed by atoms with E-state index in [1.54, 1.807) is 11.3 Å². The SMILES string of the molecule is CC(=O)NS(=O)(=O)c1ccc(NC(=O)c2csc3c2CCC(C(C)(C)C)C3)cc1. The molecule has 0 aliphatic heterocycles. The van der Waals surface area contributed by atoms with E-state index < -0.39 is 15.9 Å². The summed E-state index contributed by atoms with van der Waals surface area (Å²) >= 11 is 1.64. The summed E-state index contributed by atoms with van der Waals surface area (Å²) in [5, 5.41) is 4.76. The first kappa shape index (κ1) is 21.5. The molecule has 1 aromatic carbocycles. The molecule has 1 aliphatic rings. The molecule has 2 N–H and O–H groups in total. The molecular weight excluding hydrogens is 408 g/mol. The topological polar surface area (TPSA) is 92.3 Å². The van der Waals surface area contributed by atoms with Crippen molar-refractivity contribution in [2.45, 2.75) is 51.9 Å². The Morgan fingerprint density at radius 1 is 1.14 bits per heavy atom. The lowest BCUT2D eigenvalue weighted by atomic mass is 9.72. The van der Waals surface area contributed by atoms with Gasteiger partial charge in [-0.2, -0.15) is 0 Å². The lowest BCUT2D eigenvalue weighted by Crippen LogP contribution is -2.28. The highest BCUT2D eigenvalue weighted by Crippen LogP contribution is 2.40. The zero-order chi connectivity index (χ0) is 21.4. The number of rotatable bonds is 4. The van der Waals surface area contributed by atoms with E-state index in [0.717, 1.165) is 31.7 Å². The molecule has 6 nitrogen and oxygen atoms in total. The van der Waals surface area contributed by atoms with E-state index >= 15 is 0 Å². The number of nitrogens with one attached hydrogen (secondary N) is 2. The predicted octanol–water partition coefficient (Wildman–Crippen LogP) is 3.98. The van der Waals surface area contributed by atoms with E-state index in [1.165, 1.54) is 29.1 Å². The van der Waals surface area contributed by atoms with Gasteiger partial charge >= 0.3 is 0 Å². The van der Waals surface area contributed by atoms with Crippen molar-refractivity contribution in [3.05, 3.63) is 45.6 Å². The summed E-state index contributed by atoms with van der Waals surface area (Å²) in [6, 6.07) is 5.75. The number of carbonyl (C=O) groups is 2. The van der Waals surface area contributed by atoms with Crippen molar-refractivity contribution in [2.75, 3.05) is 5.32 Å². The van der Waals surface area contributed by atoms with Crippen LogP contribution in [0.3, 0.4) is 0 Å².